The smallest absolute Gasteiger partial charge is 0.186 e. The predicted octanol–water partition coefficient (Wildman–Crippen LogP) is 3.37. The molecule has 2 aromatic rings. The highest BCUT2D eigenvalue weighted by atomic mass is 32.1. The molecule has 0 saturated heterocycles. The van der Waals surface area contributed by atoms with E-state index in [-0.39, 0.29) is 0 Å². The molecule has 3 heteroatoms. The third-order valence-electron chi connectivity index (χ3n) is 2.86. The zero-order valence-electron chi connectivity index (χ0n) is 9.31. The van der Waals surface area contributed by atoms with Gasteiger partial charge in [0.15, 0.2) is 5.13 Å². The Hall–Kier alpha value is -1.35. The van der Waals surface area contributed by atoms with Crippen LogP contribution in [0, 0.1) is 6.92 Å². The van der Waals surface area contributed by atoms with Crippen LogP contribution in [0.25, 0.3) is 10.2 Å². The molecule has 3 rings (SSSR count). The van der Waals surface area contributed by atoms with Gasteiger partial charge in [-0.1, -0.05) is 29.6 Å². The van der Waals surface area contributed by atoms with E-state index < -0.39 is 0 Å². The first kappa shape index (κ1) is 9.85. The zero-order chi connectivity index (χ0) is 11.0. The summed E-state index contributed by atoms with van der Waals surface area (Å²) in [5.41, 5.74) is 2.43. The second kappa shape index (κ2) is 3.91. The van der Waals surface area contributed by atoms with Gasteiger partial charge >= 0.3 is 0 Å². The van der Waals surface area contributed by atoms with Crippen LogP contribution in [0.2, 0.25) is 0 Å². The lowest BCUT2D eigenvalue weighted by Gasteiger charge is -2.21. The number of aryl methyl sites for hydroxylation is 1. The first-order valence-corrected chi connectivity index (χ1v) is 6.42. The molecule has 0 saturated carbocycles. The summed E-state index contributed by atoms with van der Waals surface area (Å²) in [5.74, 6) is 0. The van der Waals surface area contributed by atoms with Crippen molar-refractivity contribution in [3.63, 3.8) is 0 Å². The van der Waals surface area contributed by atoms with Crippen molar-refractivity contribution >= 4 is 26.7 Å². The highest BCUT2D eigenvalue weighted by Crippen LogP contribution is 2.30. The molecule has 0 radical (unpaired) electrons. The minimum Gasteiger partial charge on any atom is -0.344 e. The van der Waals surface area contributed by atoms with Gasteiger partial charge in [-0.05, 0) is 31.0 Å². The number of thiazole rings is 1. The standard InChI is InChI=1S/C13H14N2S/c1-10-5-6-11-12(9-10)16-13(14-11)15-7-3-2-4-8-15/h2-3,5-6,9H,4,7-8H2,1H3. The number of benzene rings is 1. The van der Waals surface area contributed by atoms with E-state index >= 15 is 0 Å². The van der Waals surface area contributed by atoms with E-state index in [0.717, 1.165) is 30.2 Å². The fraction of sp³-hybridized carbons (Fsp3) is 0.308. The molecule has 0 amide bonds. The van der Waals surface area contributed by atoms with Crippen molar-refractivity contribution in [3.05, 3.63) is 35.9 Å². The van der Waals surface area contributed by atoms with Crippen LogP contribution in [0.3, 0.4) is 0 Å². The molecule has 1 aromatic heterocycles. The lowest BCUT2D eigenvalue weighted by atomic mass is 10.2. The summed E-state index contributed by atoms with van der Waals surface area (Å²) in [7, 11) is 0. The number of anilines is 1. The summed E-state index contributed by atoms with van der Waals surface area (Å²) < 4.78 is 1.30. The second-order valence-electron chi connectivity index (χ2n) is 4.17. The van der Waals surface area contributed by atoms with Gasteiger partial charge in [0.05, 0.1) is 10.2 Å². The molecule has 0 aliphatic carbocycles. The van der Waals surface area contributed by atoms with Gasteiger partial charge in [0.25, 0.3) is 0 Å². The fourth-order valence-electron chi connectivity index (χ4n) is 1.97. The zero-order valence-corrected chi connectivity index (χ0v) is 10.1. The first-order valence-electron chi connectivity index (χ1n) is 5.60. The SMILES string of the molecule is Cc1ccc2nc(N3CC=CCC3)sc2c1. The fourth-order valence-corrected chi connectivity index (χ4v) is 3.07. The molecule has 82 valence electrons. The summed E-state index contributed by atoms with van der Waals surface area (Å²) in [6.07, 6.45) is 5.60. The largest absolute Gasteiger partial charge is 0.344 e. The molecule has 1 aliphatic heterocycles. The molecule has 0 spiro atoms. The van der Waals surface area contributed by atoms with Crippen molar-refractivity contribution in [2.45, 2.75) is 13.3 Å². The third kappa shape index (κ3) is 1.71. The minimum atomic E-state index is 0.999. The Morgan fingerprint density at radius 1 is 1.31 bits per heavy atom. The Morgan fingerprint density at radius 2 is 2.25 bits per heavy atom. The average molecular weight is 230 g/mol. The van der Waals surface area contributed by atoms with E-state index in [9.17, 15) is 0 Å². The van der Waals surface area contributed by atoms with Gasteiger partial charge in [-0.3, -0.25) is 0 Å². The van der Waals surface area contributed by atoms with Gasteiger partial charge in [0.1, 0.15) is 0 Å². The Labute approximate surface area is 99.2 Å². The molecule has 0 N–H and O–H groups in total. The van der Waals surface area contributed by atoms with E-state index in [1.807, 2.05) is 0 Å². The molecule has 2 heterocycles. The monoisotopic (exact) mass is 230 g/mol. The Morgan fingerprint density at radius 3 is 3.06 bits per heavy atom. The van der Waals surface area contributed by atoms with Crippen LogP contribution >= 0.6 is 11.3 Å². The van der Waals surface area contributed by atoms with Gasteiger partial charge in [0.2, 0.25) is 0 Å². The van der Waals surface area contributed by atoms with Crippen molar-refractivity contribution < 1.29 is 0 Å². The Bertz CT molecular complexity index is 542. The number of hydrogen-bond acceptors (Lipinski definition) is 3. The topological polar surface area (TPSA) is 16.1 Å². The minimum absolute atomic E-state index is 0.999. The average Bonchev–Trinajstić information content (AvgIpc) is 2.73. The van der Waals surface area contributed by atoms with Crippen LogP contribution in [0.15, 0.2) is 30.4 Å². The maximum atomic E-state index is 4.69. The lowest BCUT2D eigenvalue weighted by molar-refractivity contribution is 0.818. The van der Waals surface area contributed by atoms with E-state index in [4.69, 9.17) is 0 Å². The summed E-state index contributed by atoms with van der Waals surface area (Å²) in [4.78, 5) is 7.04. The molecular formula is C13H14N2S. The number of fused-ring (bicyclic) bond motifs is 1. The molecule has 0 fully saturated rings. The van der Waals surface area contributed by atoms with E-state index in [1.165, 1.54) is 10.3 Å². The molecule has 0 atom stereocenters. The van der Waals surface area contributed by atoms with Crippen LogP contribution < -0.4 is 4.90 Å². The van der Waals surface area contributed by atoms with Gasteiger partial charge in [0, 0.05) is 13.1 Å². The van der Waals surface area contributed by atoms with Crippen LogP contribution in [0.1, 0.15) is 12.0 Å². The summed E-state index contributed by atoms with van der Waals surface area (Å²) in [5, 5.41) is 1.16. The number of nitrogens with zero attached hydrogens (tertiary/aromatic N) is 2. The molecular weight excluding hydrogens is 216 g/mol. The van der Waals surface area contributed by atoms with Crippen LogP contribution in [-0.4, -0.2) is 18.1 Å². The van der Waals surface area contributed by atoms with Crippen molar-refractivity contribution in [1.29, 1.82) is 0 Å². The first-order chi connectivity index (χ1) is 7.83. The van der Waals surface area contributed by atoms with E-state index in [0.29, 0.717) is 0 Å². The summed E-state index contributed by atoms with van der Waals surface area (Å²) in [6, 6.07) is 6.46. The highest BCUT2D eigenvalue weighted by molar-refractivity contribution is 7.22. The van der Waals surface area contributed by atoms with Gasteiger partial charge in [-0.15, -0.1) is 0 Å². The number of aromatic nitrogens is 1. The Balaban J connectivity index is 2.01. The van der Waals surface area contributed by atoms with Gasteiger partial charge < -0.3 is 4.90 Å². The van der Waals surface area contributed by atoms with E-state index in [1.54, 1.807) is 11.3 Å². The lowest BCUT2D eigenvalue weighted by Crippen LogP contribution is -2.26. The van der Waals surface area contributed by atoms with Crippen LogP contribution in [0.4, 0.5) is 5.13 Å². The normalized spacial score (nSPS) is 15.9. The van der Waals surface area contributed by atoms with Crippen molar-refractivity contribution in [2.75, 3.05) is 18.0 Å². The van der Waals surface area contributed by atoms with Crippen molar-refractivity contribution in [1.82, 2.24) is 4.98 Å². The molecule has 1 aromatic carbocycles. The maximum absolute atomic E-state index is 4.69. The van der Waals surface area contributed by atoms with Crippen molar-refractivity contribution in [2.24, 2.45) is 0 Å². The maximum Gasteiger partial charge on any atom is 0.186 e. The van der Waals surface area contributed by atoms with Crippen LogP contribution in [-0.2, 0) is 0 Å². The Kier molecular flexibility index (Phi) is 2.40. The second-order valence-corrected chi connectivity index (χ2v) is 5.18. The number of rotatable bonds is 1. The third-order valence-corrected chi connectivity index (χ3v) is 3.94. The summed E-state index contributed by atoms with van der Waals surface area (Å²) >= 11 is 1.80. The van der Waals surface area contributed by atoms with Gasteiger partial charge in [-0.2, -0.15) is 0 Å². The predicted molar refractivity (Wildman–Crippen MR) is 70.3 cm³/mol. The molecule has 1 aliphatic rings. The quantitative estimate of drug-likeness (QED) is 0.698. The molecule has 0 bridgehead atoms. The van der Waals surface area contributed by atoms with E-state index in [2.05, 4.69) is 47.2 Å². The van der Waals surface area contributed by atoms with Gasteiger partial charge in [-0.25, -0.2) is 4.98 Å². The summed E-state index contributed by atoms with van der Waals surface area (Å²) in [6.45, 7) is 4.22. The molecule has 16 heavy (non-hydrogen) atoms. The highest BCUT2D eigenvalue weighted by Gasteiger charge is 2.12. The molecule has 2 nitrogen and oxygen atoms in total. The molecule has 0 unspecified atom stereocenters. The van der Waals surface area contributed by atoms with Crippen LogP contribution in [0.5, 0.6) is 0 Å². The number of hydrogen-bond donors (Lipinski definition) is 0. The van der Waals surface area contributed by atoms with Crippen molar-refractivity contribution in [3.8, 4) is 0 Å².